The fourth-order valence-electron chi connectivity index (χ4n) is 2.72. The zero-order valence-corrected chi connectivity index (χ0v) is 11.3. The summed E-state index contributed by atoms with van der Waals surface area (Å²) in [6, 6.07) is 7.34. The lowest BCUT2D eigenvalue weighted by atomic mass is 10.0. The van der Waals surface area contributed by atoms with Gasteiger partial charge in [0.05, 0.1) is 5.92 Å². The molecule has 108 valence electrons. The predicted octanol–water partition coefficient (Wildman–Crippen LogP) is 1.17. The summed E-state index contributed by atoms with van der Waals surface area (Å²) in [5.41, 5.74) is 7.11. The van der Waals surface area contributed by atoms with E-state index in [9.17, 15) is 9.59 Å². The topological polar surface area (TPSA) is 92.4 Å². The lowest BCUT2D eigenvalue weighted by molar-refractivity contribution is -0.141. The van der Waals surface area contributed by atoms with Gasteiger partial charge in [-0.15, -0.1) is 0 Å². The Hall–Kier alpha value is -1.88. The molecule has 0 bridgehead atoms. The minimum Gasteiger partial charge on any atom is -0.481 e. The second-order valence-electron chi connectivity index (χ2n) is 5.21. The number of carboxylic acids is 1. The van der Waals surface area contributed by atoms with Gasteiger partial charge in [0.1, 0.15) is 0 Å². The van der Waals surface area contributed by atoms with E-state index in [0.29, 0.717) is 31.4 Å². The van der Waals surface area contributed by atoms with Gasteiger partial charge in [0.15, 0.2) is 0 Å². The Kier molecular flexibility index (Phi) is 4.74. The van der Waals surface area contributed by atoms with Gasteiger partial charge in [-0.1, -0.05) is 18.2 Å². The van der Waals surface area contributed by atoms with Crippen LogP contribution in [0, 0.1) is 5.92 Å². The fourth-order valence-corrected chi connectivity index (χ4v) is 2.72. The van der Waals surface area contributed by atoms with E-state index in [1.807, 2.05) is 18.2 Å². The van der Waals surface area contributed by atoms with Crippen molar-refractivity contribution in [3.05, 3.63) is 35.4 Å². The Morgan fingerprint density at radius 1 is 1.30 bits per heavy atom. The van der Waals surface area contributed by atoms with Gasteiger partial charge < -0.3 is 16.2 Å². The number of hydrogen-bond donors (Lipinski definition) is 3. The van der Waals surface area contributed by atoms with Crippen LogP contribution < -0.4 is 11.1 Å². The van der Waals surface area contributed by atoms with Crippen LogP contribution in [0.5, 0.6) is 0 Å². The van der Waals surface area contributed by atoms with Crippen LogP contribution >= 0.6 is 0 Å². The summed E-state index contributed by atoms with van der Waals surface area (Å²) in [5.74, 6) is -1.24. The van der Waals surface area contributed by atoms with Gasteiger partial charge in [-0.2, -0.15) is 0 Å². The SMILES string of the molecule is NCCc1ccccc1C(=O)N[C@H]1CC[C@@H](C(=O)O)C1. The van der Waals surface area contributed by atoms with Crippen molar-refractivity contribution in [3.8, 4) is 0 Å². The number of carbonyl (C=O) groups is 2. The van der Waals surface area contributed by atoms with Gasteiger partial charge in [0.25, 0.3) is 5.91 Å². The Morgan fingerprint density at radius 3 is 2.70 bits per heavy atom. The van der Waals surface area contributed by atoms with Crippen LogP contribution in [0.25, 0.3) is 0 Å². The molecular formula is C15H20N2O3. The number of carbonyl (C=O) groups excluding carboxylic acids is 1. The van der Waals surface area contributed by atoms with Crippen molar-refractivity contribution < 1.29 is 14.7 Å². The van der Waals surface area contributed by atoms with Gasteiger partial charge >= 0.3 is 5.97 Å². The maximum Gasteiger partial charge on any atom is 0.306 e. The van der Waals surface area contributed by atoms with Crippen LogP contribution in [-0.4, -0.2) is 29.6 Å². The summed E-state index contributed by atoms with van der Waals surface area (Å²) in [6.07, 6.45) is 2.53. The minimum atomic E-state index is -0.773. The van der Waals surface area contributed by atoms with Crippen LogP contribution in [0.2, 0.25) is 0 Å². The molecule has 1 amide bonds. The van der Waals surface area contributed by atoms with E-state index in [0.717, 1.165) is 12.0 Å². The lowest BCUT2D eigenvalue weighted by Gasteiger charge is -2.14. The molecule has 1 aliphatic carbocycles. The smallest absolute Gasteiger partial charge is 0.306 e. The highest BCUT2D eigenvalue weighted by Gasteiger charge is 2.30. The molecule has 0 spiro atoms. The average molecular weight is 276 g/mol. The Balaban J connectivity index is 2.01. The van der Waals surface area contributed by atoms with E-state index in [-0.39, 0.29) is 17.9 Å². The molecule has 0 unspecified atom stereocenters. The molecule has 0 aromatic heterocycles. The van der Waals surface area contributed by atoms with Crippen LogP contribution in [0.15, 0.2) is 24.3 Å². The molecule has 0 radical (unpaired) electrons. The molecule has 0 heterocycles. The second-order valence-corrected chi connectivity index (χ2v) is 5.21. The fraction of sp³-hybridized carbons (Fsp3) is 0.467. The van der Waals surface area contributed by atoms with Crippen molar-refractivity contribution >= 4 is 11.9 Å². The molecule has 5 heteroatoms. The van der Waals surface area contributed by atoms with Crippen molar-refractivity contribution in [2.75, 3.05) is 6.54 Å². The van der Waals surface area contributed by atoms with E-state index in [1.54, 1.807) is 6.07 Å². The van der Waals surface area contributed by atoms with Gasteiger partial charge in [0, 0.05) is 11.6 Å². The van der Waals surface area contributed by atoms with Gasteiger partial charge in [0.2, 0.25) is 0 Å². The third-order valence-corrected chi connectivity index (χ3v) is 3.79. The number of rotatable bonds is 5. The summed E-state index contributed by atoms with van der Waals surface area (Å²) < 4.78 is 0. The molecule has 1 aromatic carbocycles. The number of amides is 1. The number of benzene rings is 1. The van der Waals surface area contributed by atoms with Crippen molar-refractivity contribution in [2.45, 2.75) is 31.7 Å². The summed E-state index contributed by atoms with van der Waals surface area (Å²) in [5, 5.41) is 11.9. The van der Waals surface area contributed by atoms with Crippen LogP contribution in [0.1, 0.15) is 35.2 Å². The Labute approximate surface area is 118 Å². The van der Waals surface area contributed by atoms with E-state index in [2.05, 4.69) is 5.32 Å². The van der Waals surface area contributed by atoms with Crippen LogP contribution in [0.3, 0.4) is 0 Å². The molecule has 2 atom stereocenters. The number of nitrogens with one attached hydrogen (secondary N) is 1. The average Bonchev–Trinajstić information content (AvgIpc) is 2.88. The molecule has 1 fully saturated rings. The van der Waals surface area contributed by atoms with Gasteiger partial charge in [-0.05, 0) is 43.9 Å². The van der Waals surface area contributed by atoms with Gasteiger partial charge in [-0.3, -0.25) is 9.59 Å². The van der Waals surface area contributed by atoms with Crippen LogP contribution in [-0.2, 0) is 11.2 Å². The highest BCUT2D eigenvalue weighted by atomic mass is 16.4. The zero-order chi connectivity index (χ0) is 14.5. The first-order valence-corrected chi connectivity index (χ1v) is 6.93. The highest BCUT2D eigenvalue weighted by Crippen LogP contribution is 2.26. The highest BCUT2D eigenvalue weighted by molar-refractivity contribution is 5.96. The first-order chi connectivity index (χ1) is 9.61. The standard InChI is InChI=1S/C15H20N2O3/c16-8-7-10-3-1-2-4-13(10)14(18)17-12-6-5-11(9-12)15(19)20/h1-4,11-12H,5-9,16H2,(H,17,18)(H,19,20)/t11-,12+/m1/s1. The number of carboxylic acid groups (broad SMARTS) is 1. The predicted molar refractivity (Wildman–Crippen MR) is 75.4 cm³/mol. The minimum absolute atomic E-state index is 0.0467. The molecule has 0 aliphatic heterocycles. The number of nitrogens with two attached hydrogens (primary N) is 1. The molecular weight excluding hydrogens is 256 g/mol. The maximum absolute atomic E-state index is 12.3. The molecule has 1 aliphatic rings. The Morgan fingerprint density at radius 2 is 2.05 bits per heavy atom. The van der Waals surface area contributed by atoms with E-state index in [1.165, 1.54) is 0 Å². The quantitative estimate of drug-likeness (QED) is 0.752. The molecule has 20 heavy (non-hydrogen) atoms. The van der Waals surface area contributed by atoms with Gasteiger partial charge in [-0.25, -0.2) is 0 Å². The molecule has 5 nitrogen and oxygen atoms in total. The third-order valence-electron chi connectivity index (χ3n) is 3.79. The molecule has 4 N–H and O–H groups in total. The van der Waals surface area contributed by atoms with Crippen molar-refractivity contribution in [2.24, 2.45) is 11.7 Å². The van der Waals surface area contributed by atoms with E-state index < -0.39 is 5.97 Å². The first-order valence-electron chi connectivity index (χ1n) is 6.93. The number of hydrogen-bond acceptors (Lipinski definition) is 3. The van der Waals surface area contributed by atoms with E-state index >= 15 is 0 Å². The second kappa shape index (κ2) is 6.52. The Bertz CT molecular complexity index is 502. The lowest BCUT2D eigenvalue weighted by Crippen LogP contribution is -2.34. The molecule has 1 aromatic rings. The first kappa shape index (κ1) is 14.5. The molecule has 0 saturated heterocycles. The summed E-state index contributed by atoms with van der Waals surface area (Å²) in [7, 11) is 0. The van der Waals surface area contributed by atoms with Crippen LogP contribution in [0.4, 0.5) is 0 Å². The summed E-state index contributed by atoms with van der Waals surface area (Å²) >= 11 is 0. The molecule has 2 rings (SSSR count). The molecule has 1 saturated carbocycles. The van der Waals surface area contributed by atoms with E-state index in [4.69, 9.17) is 10.8 Å². The number of aliphatic carboxylic acids is 1. The van der Waals surface area contributed by atoms with Crippen molar-refractivity contribution in [1.29, 1.82) is 0 Å². The largest absolute Gasteiger partial charge is 0.481 e. The van der Waals surface area contributed by atoms with Crippen molar-refractivity contribution in [1.82, 2.24) is 5.32 Å². The zero-order valence-electron chi connectivity index (χ0n) is 11.3. The summed E-state index contributed by atoms with van der Waals surface area (Å²) in [6.45, 7) is 0.495. The summed E-state index contributed by atoms with van der Waals surface area (Å²) in [4.78, 5) is 23.2. The third kappa shape index (κ3) is 3.36. The van der Waals surface area contributed by atoms with Crippen molar-refractivity contribution in [3.63, 3.8) is 0 Å². The monoisotopic (exact) mass is 276 g/mol. The normalized spacial score (nSPS) is 21.6. The maximum atomic E-state index is 12.3.